The van der Waals surface area contributed by atoms with Gasteiger partial charge in [-0.1, -0.05) is 13.8 Å². The fraction of sp³-hybridized carbons (Fsp3) is 0.455. The van der Waals surface area contributed by atoms with E-state index in [-0.39, 0.29) is 5.92 Å². The van der Waals surface area contributed by atoms with Crippen molar-refractivity contribution in [3.63, 3.8) is 0 Å². The van der Waals surface area contributed by atoms with Crippen molar-refractivity contribution >= 4 is 11.6 Å². The average molecular weight is 237 g/mol. The van der Waals surface area contributed by atoms with E-state index < -0.39 is 17.4 Å². The lowest BCUT2D eigenvalue weighted by molar-refractivity contribution is -0.467. The Bertz CT molecular complexity index is 444. The van der Waals surface area contributed by atoms with E-state index in [9.17, 15) is 14.9 Å². The Kier molecular flexibility index (Phi) is 4.14. The summed E-state index contributed by atoms with van der Waals surface area (Å²) >= 11 is 0. The summed E-state index contributed by atoms with van der Waals surface area (Å²) in [5, 5.41) is 12.8. The molecule has 0 radical (unpaired) electrons. The van der Waals surface area contributed by atoms with Crippen LogP contribution in [0.25, 0.3) is 0 Å². The van der Waals surface area contributed by atoms with Gasteiger partial charge in [0.15, 0.2) is 0 Å². The Labute approximate surface area is 99.2 Å². The smallest absolute Gasteiger partial charge is 0.296 e. The van der Waals surface area contributed by atoms with Crippen LogP contribution < -0.4 is 5.32 Å². The summed E-state index contributed by atoms with van der Waals surface area (Å²) in [6, 6.07) is 1.76. The molecule has 0 aliphatic carbocycles. The molecule has 1 N–H and O–H groups in total. The van der Waals surface area contributed by atoms with Crippen molar-refractivity contribution < 1.29 is 9.72 Å². The van der Waals surface area contributed by atoms with E-state index in [2.05, 4.69) is 10.3 Å². The third kappa shape index (κ3) is 3.51. The highest BCUT2D eigenvalue weighted by Crippen LogP contribution is 2.24. The van der Waals surface area contributed by atoms with Crippen molar-refractivity contribution in [3.05, 3.63) is 33.6 Å². The van der Waals surface area contributed by atoms with Crippen LogP contribution in [0, 0.1) is 17.0 Å². The van der Waals surface area contributed by atoms with Gasteiger partial charge in [0.2, 0.25) is 0 Å². The maximum atomic E-state index is 11.4. The van der Waals surface area contributed by atoms with Crippen molar-refractivity contribution in [2.24, 2.45) is 0 Å². The van der Waals surface area contributed by atoms with Gasteiger partial charge < -0.3 is 5.32 Å². The van der Waals surface area contributed by atoms with Gasteiger partial charge in [0, 0.05) is 11.1 Å². The van der Waals surface area contributed by atoms with Crippen LogP contribution in [0.3, 0.4) is 0 Å². The van der Waals surface area contributed by atoms with Crippen molar-refractivity contribution in [2.45, 2.75) is 26.7 Å². The number of aromatic nitrogens is 1. The lowest BCUT2D eigenvalue weighted by Gasteiger charge is -2.14. The first-order valence-corrected chi connectivity index (χ1v) is 5.29. The molecule has 0 spiro atoms. The predicted octanol–water partition coefficient (Wildman–Crippen LogP) is 1.73. The molecule has 1 rings (SSSR count). The Hall–Kier alpha value is -1.98. The maximum Gasteiger partial charge on any atom is 0.296 e. The molecule has 92 valence electrons. The van der Waals surface area contributed by atoms with Crippen LogP contribution in [0.5, 0.6) is 0 Å². The molecule has 1 heterocycles. The van der Waals surface area contributed by atoms with Crippen LogP contribution in [0.15, 0.2) is 12.3 Å². The second-order valence-corrected chi connectivity index (χ2v) is 4.08. The Balaban J connectivity index is 2.96. The zero-order valence-corrected chi connectivity index (χ0v) is 10.1. The van der Waals surface area contributed by atoms with Crippen molar-refractivity contribution in [2.75, 3.05) is 11.9 Å². The summed E-state index contributed by atoms with van der Waals surface area (Å²) < 4.78 is 0. The number of hydrogen-bond acceptors (Lipinski definition) is 4. The minimum Gasteiger partial charge on any atom is -0.319 e. The first-order chi connectivity index (χ1) is 7.91. The Morgan fingerprint density at radius 3 is 2.76 bits per heavy atom. The number of nitrogens with one attached hydrogen (secondary N) is 1. The lowest BCUT2D eigenvalue weighted by Crippen LogP contribution is -2.23. The molecule has 6 nitrogen and oxygen atoms in total. The van der Waals surface area contributed by atoms with Crippen molar-refractivity contribution in [1.29, 1.82) is 0 Å². The van der Waals surface area contributed by atoms with Gasteiger partial charge in [-0.2, -0.15) is 0 Å². The highest BCUT2D eigenvalue weighted by Gasteiger charge is 2.16. The number of rotatable bonds is 4. The molecule has 0 aliphatic heterocycles. The molecule has 0 saturated heterocycles. The molecular weight excluding hydrogens is 222 g/mol. The minimum absolute atomic E-state index is 0.140. The van der Waals surface area contributed by atoms with Gasteiger partial charge in [0.25, 0.3) is 12.5 Å². The summed E-state index contributed by atoms with van der Waals surface area (Å²) in [4.78, 5) is 25.1. The van der Waals surface area contributed by atoms with Gasteiger partial charge in [-0.3, -0.25) is 19.9 Å². The van der Waals surface area contributed by atoms with Gasteiger partial charge in [0.05, 0.1) is 11.4 Å². The fourth-order valence-corrected chi connectivity index (χ4v) is 1.48. The van der Waals surface area contributed by atoms with Crippen LogP contribution in [0.4, 0.5) is 5.69 Å². The van der Waals surface area contributed by atoms with Crippen LogP contribution >= 0.6 is 0 Å². The van der Waals surface area contributed by atoms with E-state index >= 15 is 0 Å². The zero-order valence-electron chi connectivity index (χ0n) is 10.1. The van der Waals surface area contributed by atoms with E-state index in [1.807, 2.05) is 20.8 Å². The van der Waals surface area contributed by atoms with Crippen LogP contribution in [-0.2, 0) is 4.79 Å². The first-order valence-electron chi connectivity index (χ1n) is 5.29. The van der Waals surface area contributed by atoms with E-state index in [4.69, 9.17) is 0 Å². The topological polar surface area (TPSA) is 85.1 Å². The minimum atomic E-state index is -0.730. The highest BCUT2D eigenvalue weighted by atomic mass is 16.6. The molecule has 17 heavy (non-hydrogen) atoms. The summed E-state index contributed by atoms with van der Waals surface area (Å²) in [6.07, 6.45) is 1.66. The van der Waals surface area contributed by atoms with Crippen LogP contribution in [0.2, 0.25) is 0 Å². The van der Waals surface area contributed by atoms with Crippen molar-refractivity contribution in [3.8, 4) is 0 Å². The SMILES string of the molecule is Cc1ccnc(C(C)C)c1NC(=O)C[N+](=O)[O-]. The molecule has 1 aromatic heterocycles. The summed E-state index contributed by atoms with van der Waals surface area (Å²) in [5.41, 5.74) is 2.16. The van der Waals surface area contributed by atoms with Gasteiger partial charge in [-0.15, -0.1) is 0 Å². The fourth-order valence-electron chi connectivity index (χ4n) is 1.48. The first kappa shape index (κ1) is 13.1. The normalized spacial score (nSPS) is 10.4. The number of nitro groups is 1. The van der Waals surface area contributed by atoms with Gasteiger partial charge in [-0.25, -0.2) is 0 Å². The number of anilines is 1. The number of amides is 1. The standard InChI is InChI=1S/C11H15N3O3/c1-7(2)10-11(8(3)4-5-12-10)13-9(15)6-14(16)17/h4-5,7H,6H2,1-3H3,(H,13,15). The lowest BCUT2D eigenvalue weighted by atomic mass is 10.0. The molecule has 1 amide bonds. The molecular formula is C11H15N3O3. The number of pyridine rings is 1. The zero-order chi connectivity index (χ0) is 13.0. The summed E-state index contributed by atoms with van der Waals surface area (Å²) in [6.45, 7) is 5.00. The summed E-state index contributed by atoms with van der Waals surface area (Å²) in [7, 11) is 0. The molecule has 0 aromatic carbocycles. The van der Waals surface area contributed by atoms with E-state index in [1.54, 1.807) is 12.3 Å². The van der Waals surface area contributed by atoms with Crippen LogP contribution in [-0.4, -0.2) is 22.4 Å². The maximum absolute atomic E-state index is 11.4. The second kappa shape index (κ2) is 5.38. The molecule has 0 bridgehead atoms. The third-order valence-electron chi connectivity index (χ3n) is 2.27. The van der Waals surface area contributed by atoms with Crippen molar-refractivity contribution in [1.82, 2.24) is 4.98 Å². The largest absolute Gasteiger partial charge is 0.319 e. The molecule has 1 aromatic rings. The molecule has 0 saturated carbocycles. The predicted molar refractivity (Wildman–Crippen MR) is 63.6 cm³/mol. The highest BCUT2D eigenvalue weighted by molar-refractivity contribution is 5.92. The number of hydrogen-bond donors (Lipinski definition) is 1. The molecule has 0 atom stereocenters. The van der Waals surface area contributed by atoms with Gasteiger partial charge in [-0.05, 0) is 24.5 Å². The molecule has 6 heteroatoms. The summed E-state index contributed by atoms with van der Waals surface area (Å²) in [5.74, 6) is -0.492. The van der Waals surface area contributed by atoms with E-state index in [1.165, 1.54) is 0 Å². The van der Waals surface area contributed by atoms with E-state index in [0.29, 0.717) is 5.69 Å². The number of carbonyl (C=O) groups is 1. The molecule has 0 unspecified atom stereocenters. The Morgan fingerprint density at radius 2 is 2.24 bits per heavy atom. The number of carbonyl (C=O) groups excluding carboxylic acids is 1. The molecule has 0 fully saturated rings. The molecule has 0 aliphatic rings. The number of nitrogens with zero attached hydrogens (tertiary/aromatic N) is 2. The third-order valence-corrected chi connectivity index (χ3v) is 2.27. The monoisotopic (exact) mass is 237 g/mol. The van der Waals surface area contributed by atoms with Crippen LogP contribution in [0.1, 0.15) is 31.0 Å². The van der Waals surface area contributed by atoms with Gasteiger partial charge >= 0.3 is 0 Å². The Morgan fingerprint density at radius 1 is 1.59 bits per heavy atom. The van der Waals surface area contributed by atoms with Gasteiger partial charge in [0.1, 0.15) is 0 Å². The number of aryl methyl sites for hydroxylation is 1. The average Bonchev–Trinajstić information content (AvgIpc) is 2.19. The quantitative estimate of drug-likeness (QED) is 0.638. The van der Waals surface area contributed by atoms with E-state index in [0.717, 1.165) is 11.3 Å². The second-order valence-electron chi connectivity index (χ2n) is 4.08.